The highest BCUT2D eigenvalue weighted by Gasteiger charge is 2.16. The predicted molar refractivity (Wildman–Crippen MR) is 61.1 cm³/mol. The van der Waals surface area contributed by atoms with Crippen molar-refractivity contribution in [3.63, 3.8) is 0 Å². The molecule has 0 radical (unpaired) electrons. The second kappa shape index (κ2) is 4.57. The highest BCUT2D eigenvalue weighted by molar-refractivity contribution is 5.36. The van der Waals surface area contributed by atoms with E-state index in [1.807, 2.05) is 19.1 Å². The van der Waals surface area contributed by atoms with E-state index in [9.17, 15) is 0 Å². The van der Waals surface area contributed by atoms with Crippen molar-refractivity contribution in [2.24, 2.45) is 0 Å². The normalized spacial score (nSPS) is 20.5. The van der Waals surface area contributed by atoms with E-state index in [-0.39, 0.29) is 0 Å². The summed E-state index contributed by atoms with van der Waals surface area (Å²) < 4.78 is 0. The summed E-state index contributed by atoms with van der Waals surface area (Å²) in [6, 6.07) is 4.64. The third-order valence-corrected chi connectivity index (χ3v) is 2.83. The van der Waals surface area contributed by atoms with Gasteiger partial charge in [0.2, 0.25) is 0 Å². The topological polar surface area (TPSA) is 41.0 Å². The van der Waals surface area contributed by atoms with E-state index >= 15 is 0 Å². The Morgan fingerprint density at radius 1 is 1.47 bits per heavy atom. The Bertz CT molecular complexity index is 303. The van der Waals surface area contributed by atoms with Crippen molar-refractivity contribution in [2.45, 2.75) is 25.8 Å². The van der Waals surface area contributed by atoms with Crippen LogP contribution in [0.4, 0.5) is 5.82 Å². The van der Waals surface area contributed by atoms with Crippen LogP contribution >= 0.6 is 0 Å². The molecule has 0 bridgehead atoms. The van der Waals surface area contributed by atoms with Gasteiger partial charge in [-0.05, 0) is 38.4 Å². The van der Waals surface area contributed by atoms with Crippen molar-refractivity contribution in [1.82, 2.24) is 15.5 Å². The van der Waals surface area contributed by atoms with Crippen molar-refractivity contribution >= 4 is 5.82 Å². The maximum absolute atomic E-state index is 4.17. The van der Waals surface area contributed by atoms with Gasteiger partial charge in [-0.1, -0.05) is 0 Å². The van der Waals surface area contributed by atoms with E-state index in [0.29, 0.717) is 6.04 Å². The van der Waals surface area contributed by atoms with Gasteiger partial charge in [-0.3, -0.25) is 0 Å². The molecule has 15 heavy (non-hydrogen) atoms. The summed E-state index contributed by atoms with van der Waals surface area (Å²) in [6.45, 7) is 4.12. The Morgan fingerprint density at radius 2 is 2.33 bits per heavy atom. The fourth-order valence-electron chi connectivity index (χ4n) is 1.93. The minimum atomic E-state index is 0.609. The highest BCUT2D eigenvalue weighted by atomic mass is 15.3. The molecule has 1 atom stereocenters. The van der Waals surface area contributed by atoms with E-state index < -0.39 is 0 Å². The fraction of sp³-hybridized carbons (Fsp3) is 0.636. The van der Waals surface area contributed by atoms with Crippen molar-refractivity contribution < 1.29 is 0 Å². The van der Waals surface area contributed by atoms with Crippen LogP contribution in [-0.2, 0) is 0 Å². The van der Waals surface area contributed by atoms with Crippen LogP contribution in [0.15, 0.2) is 12.1 Å². The van der Waals surface area contributed by atoms with Gasteiger partial charge < -0.3 is 10.2 Å². The van der Waals surface area contributed by atoms with Gasteiger partial charge in [0, 0.05) is 19.6 Å². The van der Waals surface area contributed by atoms with Crippen LogP contribution in [0.5, 0.6) is 0 Å². The minimum absolute atomic E-state index is 0.609. The summed E-state index contributed by atoms with van der Waals surface area (Å²) in [5.74, 6) is 0.953. The van der Waals surface area contributed by atoms with Crippen LogP contribution in [-0.4, -0.2) is 36.4 Å². The summed E-state index contributed by atoms with van der Waals surface area (Å²) in [4.78, 5) is 2.16. The number of likely N-dealkylation sites (N-methyl/N-ethyl adjacent to an activating group) is 1. The molecular formula is C11H18N4. The zero-order valence-electron chi connectivity index (χ0n) is 9.40. The van der Waals surface area contributed by atoms with E-state index in [2.05, 4.69) is 27.5 Å². The van der Waals surface area contributed by atoms with Crippen LogP contribution in [0.1, 0.15) is 18.5 Å². The number of anilines is 1. The number of aromatic nitrogens is 2. The standard InChI is InChI=1S/C11H18N4/c1-9-5-6-11(14-13-9)15(2)8-10-4-3-7-12-10/h5-6,10,12H,3-4,7-8H2,1-2H3/t10-/m0/s1. The van der Waals surface area contributed by atoms with Gasteiger partial charge in [-0.2, -0.15) is 5.10 Å². The van der Waals surface area contributed by atoms with Crippen molar-refractivity contribution in [3.05, 3.63) is 17.8 Å². The van der Waals surface area contributed by atoms with E-state index in [1.54, 1.807) is 0 Å². The molecule has 4 nitrogen and oxygen atoms in total. The average Bonchev–Trinajstić information content (AvgIpc) is 2.71. The molecule has 1 aliphatic rings. The quantitative estimate of drug-likeness (QED) is 0.800. The summed E-state index contributed by atoms with van der Waals surface area (Å²) in [6.07, 6.45) is 2.56. The molecule has 1 aliphatic heterocycles. The molecule has 2 heterocycles. The number of hydrogen-bond acceptors (Lipinski definition) is 4. The van der Waals surface area contributed by atoms with Gasteiger partial charge in [-0.15, -0.1) is 5.10 Å². The first-order chi connectivity index (χ1) is 7.25. The highest BCUT2D eigenvalue weighted by Crippen LogP contribution is 2.11. The number of rotatable bonds is 3. The van der Waals surface area contributed by atoms with Gasteiger partial charge in [0.25, 0.3) is 0 Å². The van der Waals surface area contributed by atoms with Gasteiger partial charge in [0.1, 0.15) is 0 Å². The van der Waals surface area contributed by atoms with Gasteiger partial charge in [0.15, 0.2) is 5.82 Å². The van der Waals surface area contributed by atoms with Crippen molar-refractivity contribution in [3.8, 4) is 0 Å². The summed E-state index contributed by atoms with van der Waals surface area (Å²) in [7, 11) is 2.07. The molecule has 1 fully saturated rings. The SMILES string of the molecule is Cc1ccc(N(C)C[C@@H]2CCCN2)nn1. The molecular weight excluding hydrogens is 188 g/mol. The lowest BCUT2D eigenvalue weighted by Crippen LogP contribution is -2.35. The predicted octanol–water partition coefficient (Wildman–Crippen LogP) is 0.973. The molecule has 0 unspecified atom stereocenters. The second-order valence-corrected chi connectivity index (χ2v) is 4.21. The minimum Gasteiger partial charge on any atom is -0.357 e. The lowest BCUT2D eigenvalue weighted by Gasteiger charge is -2.21. The van der Waals surface area contributed by atoms with Crippen LogP contribution in [0, 0.1) is 6.92 Å². The maximum atomic E-state index is 4.17. The van der Waals surface area contributed by atoms with Crippen LogP contribution in [0.25, 0.3) is 0 Å². The molecule has 0 aliphatic carbocycles. The smallest absolute Gasteiger partial charge is 0.151 e. The first kappa shape index (κ1) is 10.4. The summed E-state index contributed by atoms with van der Waals surface area (Å²) in [5.41, 5.74) is 0.964. The largest absolute Gasteiger partial charge is 0.357 e. The first-order valence-electron chi connectivity index (χ1n) is 5.50. The van der Waals surface area contributed by atoms with Crippen LogP contribution < -0.4 is 10.2 Å². The molecule has 2 rings (SSSR count). The van der Waals surface area contributed by atoms with Crippen molar-refractivity contribution in [2.75, 3.05) is 25.0 Å². The van der Waals surface area contributed by atoms with Crippen molar-refractivity contribution in [1.29, 1.82) is 0 Å². The third-order valence-electron chi connectivity index (χ3n) is 2.83. The average molecular weight is 206 g/mol. The Labute approximate surface area is 90.7 Å². The Hall–Kier alpha value is -1.16. The zero-order valence-corrected chi connectivity index (χ0v) is 9.40. The number of aryl methyl sites for hydroxylation is 1. The molecule has 0 amide bonds. The fourth-order valence-corrected chi connectivity index (χ4v) is 1.93. The number of hydrogen-bond donors (Lipinski definition) is 1. The maximum Gasteiger partial charge on any atom is 0.151 e. The zero-order chi connectivity index (χ0) is 10.7. The Balaban J connectivity index is 1.94. The lowest BCUT2D eigenvalue weighted by molar-refractivity contribution is 0.596. The Morgan fingerprint density at radius 3 is 2.93 bits per heavy atom. The van der Waals surface area contributed by atoms with Crippen LogP contribution in [0.2, 0.25) is 0 Å². The van der Waals surface area contributed by atoms with E-state index in [0.717, 1.165) is 24.6 Å². The summed E-state index contributed by atoms with van der Waals surface area (Å²) in [5, 5.41) is 11.7. The first-order valence-corrected chi connectivity index (χ1v) is 5.50. The summed E-state index contributed by atoms with van der Waals surface area (Å²) >= 11 is 0. The molecule has 0 saturated carbocycles. The second-order valence-electron chi connectivity index (χ2n) is 4.21. The number of nitrogens with one attached hydrogen (secondary N) is 1. The monoisotopic (exact) mass is 206 g/mol. The molecule has 0 spiro atoms. The lowest BCUT2D eigenvalue weighted by atomic mass is 10.2. The molecule has 1 N–H and O–H groups in total. The van der Waals surface area contributed by atoms with E-state index in [4.69, 9.17) is 0 Å². The van der Waals surface area contributed by atoms with Crippen LogP contribution in [0.3, 0.4) is 0 Å². The van der Waals surface area contributed by atoms with Gasteiger partial charge in [-0.25, -0.2) is 0 Å². The molecule has 1 aromatic heterocycles. The van der Waals surface area contributed by atoms with E-state index in [1.165, 1.54) is 12.8 Å². The third kappa shape index (κ3) is 2.65. The number of nitrogens with zero attached hydrogens (tertiary/aromatic N) is 3. The Kier molecular flexibility index (Phi) is 3.16. The van der Waals surface area contributed by atoms with Gasteiger partial charge >= 0.3 is 0 Å². The van der Waals surface area contributed by atoms with Gasteiger partial charge in [0.05, 0.1) is 5.69 Å². The molecule has 1 saturated heterocycles. The molecule has 1 aromatic rings. The molecule has 0 aromatic carbocycles. The molecule has 4 heteroatoms. The molecule has 82 valence electrons.